The van der Waals surface area contributed by atoms with Crippen LogP contribution < -0.4 is 5.32 Å². The quantitative estimate of drug-likeness (QED) is 0.486. The summed E-state index contributed by atoms with van der Waals surface area (Å²) in [5.41, 5.74) is 0. The molecule has 17 heavy (non-hydrogen) atoms. The number of hydrogen-bond donors (Lipinski definition) is 1. The summed E-state index contributed by atoms with van der Waals surface area (Å²) in [5.74, 6) is 2.68. The summed E-state index contributed by atoms with van der Waals surface area (Å²) in [7, 11) is 4.15. The summed E-state index contributed by atoms with van der Waals surface area (Å²) in [5, 5.41) is 3.40. The molecule has 0 aromatic heterocycles. The lowest BCUT2D eigenvalue weighted by atomic mass is 10.3. The van der Waals surface area contributed by atoms with Crippen molar-refractivity contribution in [1.29, 1.82) is 0 Å². The predicted molar refractivity (Wildman–Crippen MR) is 83.0 cm³/mol. The standard InChI is InChI=1S/C13H28N2S2/c1-2-3-5-12-16-17-13-6-4-9-15-10-7-14-8-11-15/h14H,2-13H2,1H3. The summed E-state index contributed by atoms with van der Waals surface area (Å²) in [6, 6.07) is 0. The fourth-order valence-corrected chi connectivity index (χ4v) is 4.25. The van der Waals surface area contributed by atoms with Gasteiger partial charge in [-0.1, -0.05) is 41.4 Å². The molecular weight excluding hydrogens is 248 g/mol. The van der Waals surface area contributed by atoms with Gasteiger partial charge in [0.25, 0.3) is 0 Å². The first-order valence-electron chi connectivity index (χ1n) is 7.11. The molecule has 1 saturated heterocycles. The van der Waals surface area contributed by atoms with E-state index in [2.05, 4.69) is 38.7 Å². The van der Waals surface area contributed by atoms with Crippen LogP contribution in [0.3, 0.4) is 0 Å². The molecule has 102 valence electrons. The van der Waals surface area contributed by atoms with Crippen molar-refractivity contribution in [2.75, 3.05) is 44.2 Å². The van der Waals surface area contributed by atoms with Gasteiger partial charge >= 0.3 is 0 Å². The highest BCUT2D eigenvalue weighted by molar-refractivity contribution is 8.76. The summed E-state index contributed by atoms with van der Waals surface area (Å²) in [6.45, 7) is 8.44. The van der Waals surface area contributed by atoms with Gasteiger partial charge in [0.2, 0.25) is 0 Å². The fourth-order valence-electron chi connectivity index (χ4n) is 1.96. The van der Waals surface area contributed by atoms with Gasteiger partial charge in [-0.3, -0.25) is 0 Å². The first-order chi connectivity index (χ1) is 8.43. The molecule has 1 rings (SSSR count). The minimum atomic E-state index is 1.18. The molecule has 0 atom stereocenters. The van der Waals surface area contributed by atoms with Crippen LogP contribution in [0.5, 0.6) is 0 Å². The first kappa shape index (κ1) is 15.7. The monoisotopic (exact) mass is 276 g/mol. The van der Waals surface area contributed by atoms with E-state index < -0.39 is 0 Å². The topological polar surface area (TPSA) is 15.3 Å². The molecule has 2 nitrogen and oxygen atoms in total. The van der Waals surface area contributed by atoms with Gasteiger partial charge < -0.3 is 10.2 Å². The predicted octanol–water partition coefficient (Wildman–Crippen LogP) is 3.24. The minimum Gasteiger partial charge on any atom is -0.314 e. The first-order valence-corrected chi connectivity index (χ1v) is 9.59. The molecular formula is C13H28N2S2. The van der Waals surface area contributed by atoms with Crippen molar-refractivity contribution in [1.82, 2.24) is 10.2 Å². The summed E-state index contributed by atoms with van der Waals surface area (Å²) >= 11 is 0. The molecule has 0 bridgehead atoms. The molecule has 4 heteroatoms. The maximum Gasteiger partial charge on any atom is 0.0107 e. The molecule has 1 aliphatic rings. The highest BCUT2D eigenvalue weighted by Gasteiger charge is 2.07. The molecule has 0 aromatic rings. The second-order valence-corrected chi connectivity index (χ2v) is 7.35. The largest absolute Gasteiger partial charge is 0.314 e. The van der Waals surface area contributed by atoms with Gasteiger partial charge in [-0.25, -0.2) is 0 Å². The molecule has 0 saturated carbocycles. The van der Waals surface area contributed by atoms with Crippen molar-refractivity contribution in [3.8, 4) is 0 Å². The number of rotatable bonds is 10. The van der Waals surface area contributed by atoms with Crippen LogP contribution >= 0.6 is 21.6 Å². The van der Waals surface area contributed by atoms with Crippen molar-refractivity contribution in [2.24, 2.45) is 0 Å². The lowest BCUT2D eigenvalue weighted by molar-refractivity contribution is 0.238. The normalized spacial score (nSPS) is 17.5. The lowest BCUT2D eigenvalue weighted by Gasteiger charge is -2.26. The summed E-state index contributed by atoms with van der Waals surface area (Å²) in [4.78, 5) is 2.59. The van der Waals surface area contributed by atoms with Crippen LogP contribution in [0, 0.1) is 0 Å². The number of hydrogen-bond acceptors (Lipinski definition) is 4. The summed E-state index contributed by atoms with van der Waals surface area (Å²) in [6.07, 6.45) is 6.90. The third kappa shape index (κ3) is 9.23. The Kier molecular flexibility index (Phi) is 10.8. The van der Waals surface area contributed by atoms with E-state index in [9.17, 15) is 0 Å². The van der Waals surface area contributed by atoms with Crippen LogP contribution in [-0.4, -0.2) is 49.1 Å². The Bertz CT molecular complexity index is 161. The highest BCUT2D eigenvalue weighted by atomic mass is 33.1. The third-order valence-corrected chi connectivity index (χ3v) is 5.65. The maximum absolute atomic E-state index is 3.40. The van der Waals surface area contributed by atoms with Gasteiger partial charge in [0.1, 0.15) is 0 Å². The second kappa shape index (κ2) is 11.7. The van der Waals surface area contributed by atoms with E-state index in [1.54, 1.807) is 0 Å². The number of piperazine rings is 1. The van der Waals surface area contributed by atoms with E-state index in [0.717, 1.165) is 0 Å². The average molecular weight is 277 g/mol. The van der Waals surface area contributed by atoms with Crippen molar-refractivity contribution in [3.05, 3.63) is 0 Å². The summed E-state index contributed by atoms with van der Waals surface area (Å²) < 4.78 is 0. The zero-order valence-electron chi connectivity index (χ0n) is 11.2. The van der Waals surface area contributed by atoms with Gasteiger partial charge in [-0.05, 0) is 25.8 Å². The molecule has 0 amide bonds. The SMILES string of the molecule is CCCCCSSCCCCN1CCNCC1. The van der Waals surface area contributed by atoms with Crippen LogP contribution in [0.2, 0.25) is 0 Å². The highest BCUT2D eigenvalue weighted by Crippen LogP contribution is 2.23. The van der Waals surface area contributed by atoms with Gasteiger partial charge in [0.15, 0.2) is 0 Å². The van der Waals surface area contributed by atoms with Crippen molar-refractivity contribution in [2.45, 2.75) is 39.0 Å². The minimum absolute atomic E-state index is 1.18. The van der Waals surface area contributed by atoms with E-state index in [-0.39, 0.29) is 0 Å². The second-order valence-electron chi connectivity index (χ2n) is 4.65. The van der Waals surface area contributed by atoms with E-state index in [1.807, 2.05) is 0 Å². The molecule has 0 aliphatic carbocycles. The van der Waals surface area contributed by atoms with Crippen LogP contribution in [0.15, 0.2) is 0 Å². The maximum atomic E-state index is 3.40. The molecule has 0 radical (unpaired) electrons. The Morgan fingerprint density at radius 3 is 2.24 bits per heavy atom. The van der Waals surface area contributed by atoms with E-state index in [1.165, 1.54) is 76.3 Å². The molecule has 1 fully saturated rings. The fraction of sp³-hybridized carbons (Fsp3) is 1.00. The van der Waals surface area contributed by atoms with Gasteiger partial charge in [-0.15, -0.1) is 0 Å². The van der Waals surface area contributed by atoms with Gasteiger partial charge in [0.05, 0.1) is 0 Å². The van der Waals surface area contributed by atoms with E-state index in [4.69, 9.17) is 0 Å². The lowest BCUT2D eigenvalue weighted by Crippen LogP contribution is -2.43. The van der Waals surface area contributed by atoms with Crippen LogP contribution in [0.4, 0.5) is 0 Å². The molecule has 1 N–H and O–H groups in total. The Morgan fingerprint density at radius 1 is 0.941 bits per heavy atom. The Hall–Kier alpha value is 0.620. The van der Waals surface area contributed by atoms with Crippen LogP contribution in [0.1, 0.15) is 39.0 Å². The molecule has 1 heterocycles. The van der Waals surface area contributed by atoms with E-state index in [0.29, 0.717) is 0 Å². The van der Waals surface area contributed by atoms with Crippen LogP contribution in [-0.2, 0) is 0 Å². The molecule has 1 aliphatic heterocycles. The van der Waals surface area contributed by atoms with Crippen molar-refractivity contribution >= 4 is 21.6 Å². The molecule has 0 aromatic carbocycles. The molecule has 0 unspecified atom stereocenters. The average Bonchev–Trinajstić information content (AvgIpc) is 2.38. The zero-order chi connectivity index (χ0) is 12.2. The van der Waals surface area contributed by atoms with Crippen molar-refractivity contribution < 1.29 is 0 Å². The smallest absolute Gasteiger partial charge is 0.0107 e. The van der Waals surface area contributed by atoms with Gasteiger partial charge in [-0.2, -0.15) is 0 Å². The Labute approximate surface area is 115 Å². The zero-order valence-corrected chi connectivity index (χ0v) is 12.9. The van der Waals surface area contributed by atoms with Gasteiger partial charge in [0, 0.05) is 37.7 Å². The number of nitrogens with one attached hydrogen (secondary N) is 1. The molecule has 0 spiro atoms. The Balaban J connectivity index is 1.75. The number of unbranched alkanes of at least 4 members (excludes halogenated alkanes) is 3. The third-order valence-electron chi connectivity index (χ3n) is 3.08. The van der Waals surface area contributed by atoms with Crippen molar-refractivity contribution in [3.63, 3.8) is 0 Å². The number of nitrogens with zero attached hydrogens (tertiary/aromatic N) is 1. The van der Waals surface area contributed by atoms with E-state index >= 15 is 0 Å². The Morgan fingerprint density at radius 2 is 1.59 bits per heavy atom. The van der Waals surface area contributed by atoms with Crippen LogP contribution in [0.25, 0.3) is 0 Å².